The van der Waals surface area contributed by atoms with Crippen LogP contribution in [-0.2, 0) is 31.3 Å². The summed E-state index contributed by atoms with van der Waals surface area (Å²) >= 11 is 0. The van der Waals surface area contributed by atoms with Gasteiger partial charge >= 0.3 is 14.6 Å². The van der Waals surface area contributed by atoms with Crippen molar-refractivity contribution in [2.45, 2.75) is 251 Å². The summed E-state index contributed by atoms with van der Waals surface area (Å²) in [6.07, 6.45) is 33.7. The zero-order valence-corrected chi connectivity index (χ0v) is 39.2. The van der Waals surface area contributed by atoms with Crippen LogP contribution in [0.2, 0.25) is 0 Å². The van der Waals surface area contributed by atoms with E-state index in [1.54, 1.807) is 6.07 Å². The van der Waals surface area contributed by atoms with Gasteiger partial charge in [-0.1, -0.05) is 215 Å². The van der Waals surface area contributed by atoms with Crippen molar-refractivity contribution < 1.29 is 44.2 Å². The number of hydrogen-bond acceptors (Lipinski definition) is 9. The lowest BCUT2D eigenvalue weighted by molar-refractivity contribution is -0.231. The molecule has 5 N–H and O–H groups in total. The first-order valence-corrected chi connectivity index (χ1v) is 24.6. The van der Waals surface area contributed by atoms with Crippen LogP contribution in [0.25, 0.3) is 0 Å². The molecule has 0 aliphatic rings. The van der Waals surface area contributed by atoms with Gasteiger partial charge < -0.3 is 29.8 Å². The van der Waals surface area contributed by atoms with Gasteiger partial charge in [0.25, 0.3) is 0 Å². The lowest BCUT2D eigenvalue weighted by Gasteiger charge is -2.31. The quantitative estimate of drug-likeness (QED) is 0.0193. The van der Waals surface area contributed by atoms with Crippen LogP contribution in [0.5, 0.6) is 5.75 Å². The van der Waals surface area contributed by atoms with Gasteiger partial charge in [-0.15, -0.1) is 4.67 Å². The molecule has 0 bridgehead atoms. The molecule has 10 heteroatoms. The van der Waals surface area contributed by atoms with Gasteiger partial charge in [-0.05, 0) is 35.3 Å². The fraction of sp³-hybridized carbons (Fsp3) is 0.854. The maximum atomic E-state index is 13.5. The zero-order chi connectivity index (χ0) is 43.2. The van der Waals surface area contributed by atoms with Gasteiger partial charge in [0, 0.05) is 11.1 Å². The smallest absolute Gasteiger partial charge is 0.426 e. The molecule has 0 amide bonds. The van der Waals surface area contributed by atoms with Crippen LogP contribution in [0, 0.1) is 0 Å². The van der Waals surface area contributed by atoms with Crippen molar-refractivity contribution in [3.05, 3.63) is 28.3 Å². The fourth-order valence-corrected chi connectivity index (χ4v) is 8.28. The number of aromatic hydroxyl groups is 1. The third-order valence-electron chi connectivity index (χ3n) is 11.3. The molecule has 0 radical (unpaired) electrons. The van der Waals surface area contributed by atoms with Gasteiger partial charge in [0.05, 0.1) is 18.3 Å². The number of hydrogen-bond donors (Lipinski definition) is 5. The highest BCUT2D eigenvalue weighted by molar-refractivity contribution is 7.41. The van der Waals surface area contributed by atoms with Crippen molar-refractivity contribution in [2.75, 3.05) is 13.2 Å². The standard InChI is InChI=1S/C48H89O9P/c1-8-9-10-11-12-13-14-15-16-17-18-19-20-21-22-23-24-25-26-27-28-29-30-31-32-33-34-39(50)35-41-42(46(53)56-58(54)57-55-38-40(51)37-49)36-43(47(2,3)4)45(52)44(41)48(5,6)7/h36,39-40,49-52,54H,8-35,37-38H2,1-7H3. The normalized spacial score (nSPS) is 13.8. The fourth-order valence-electron chi connectivity index (χ4n) is 7.86. The van der Waals surface area contributed by atoms with Gasteiger partial charge in [0.2, 0.25) is 0 Å². The molecule has 0 spiro atoms. The molecule has 58 heavy (non-hydrogen) atoms. The predicted octanol–water partition coefficient (Wildman–Crippen LogP) is 13.1. The Bertz CT molecular complexity index is 1180. The van der Waals surface area contributed by atoms with Crippen molar-refractivity contribution in [1.82, 2.24) is 0 Å². The van der Waals surface area contributed by atoms with E-state index in [4.69, 9.17) is 19.2 Å². The molecule has 0 fully saturated rings. The number of carbonyl (C=O) groups excluding carboxylic acids is 1. The summed E-state index contributed by atoms with van der Waals surface area (Å²) in [4.78, 5) is 28.5. The highest BCUT2D eigenvalue weighted by Gasteiger charge is 2.34. The molecule has 0 heterocycles. The summed E-state index contributed by atoms with van der Waals surface area (Å²) in [7, 11) is -2.82. The van der Waals surface area contributed by atoms with Crippen molar-refractivity contribution in [3.8, 4) is 5.75 Å². The monoisotopic (exact) mass is 841 g/mol. The Morgan fingerprint density at radius 1 is 0.638 bits per heavy atom. The second kappa shape index (κ2) is 32.4. The summed E-state index contributed by atoms with van der Waals surface area (Å²) in [5.41, 5.74) is 0.615. The van der Waals surface area contributed by atoms with E-state index in [0.29, 0.717) is 23.1 Å². The number of carbonyl (C=O) groups is 1. The molecule has 0 saturated carbocycles. The van der Waals surface area contributed by atoms with Crippen LogP contribution >= 0.6 is 8.60 Å². The minimum absolute atomic E-state index is 0.0859. The Hall–Kier alpha value is -1.32. The van der Waals surface area contributed by atoms with E-state index in [1.807, 2.05) is 41.5 Å². The third kappa shape index (κ3) is 25.5. The first-order chi connectivity index (χ1) is 27.6. The molecule has 3 unspecified atom stereocenters. The summed E-state index contributed by atoms with van der Waals surface area (Å²) in [5, 5.41) is 41.1. The molecule has 3 atom stereocenters. The molecule has 9 nitrogen and oxygen atoms in total. The molecule has 340 valence electrons. The molecule has 1 aromatic carbocycles. The van der Waals surface area contributed by atoms with Gasteiger partial charge in [0.15, 0.2) is 0 Å². The number of rotatable bonds is 36. The number of aliphatic hydroxyl groups excluding tert-OH is 3. The van der Waals surface area contributed by atoms with Crippen LogP contribution in [0.4, 0.5) is 0 Å². The molecular weight excluding hydrogens is 751 g/mol. The second-order valence-corrected chi connectivity index (χ2v) is 19.8. The average molecular weight is 841 g/mol. The first kappa shape index (κ1) is 54.7. The lowest BCUT2D eigenvalue weighted by Crippen LogP contribution is -2.25. The Kier molecular flexibility index (Phi) is 30.6. The van der Waals surface area contributed by atoms with E-state index in [1.165, 1.54) is 148 Å². The summed E-state index contributed by atoms with van der Waals surface area (Å²) < 4.78 is 9.91. The summed E-state index contributed by atoms with van der Waals surface area (Å²) in [6.45, 7) is 13.0. The van der Waals surface area contributed by atoms with Gasteiger partial charge in [-0.3, -0.25) is 0 Å². The van der Waals surface area contributed by atoms with Crippen molar-refractivity contribution >= 4 is 14.6 Å². The largest absolute Gasteiger partial charge is 0.507 e. The average Bonchev–Trinajstić information content (AvgIpc) is 3.15. The van der Waals surface area contributed by atoms with Crippen LogP contribution in [-0.4, -0.2) is 56.7 Å². The topological polar surface area (TPSA) is 146 Å². The molecule has 0 aliphatic heterocycles. The van der Waals surface area contributed by atoms with E-state index in [2.05, 4.69) is 6.92 Å². The second-order valence-electron chi connectivity index (χ2n) is 19.0. The highest BCUT2D eigenvalue weighted by Crippen LogP contribution is 2.44. The summed E-state index contributed by atoms with van der Waals surface area (Å²) in [6, 6.07) is 1.58. The molecule has 0 aliphatic carbocycles. The number of phenols is 1. The van der Waals surface area contributed by atoms with Crippen LogP contribution < -0.4 is 0 Å². The van der Waals surface area contributed by atoms with Crippen LogP contribution in [0.1, 0.15) is 249 Å². The van der Waals surface area contributed by atoms with Gasteiger partial charge in [-0.2, -0.15) is 0 Å². The van der Waals surface area contributed by atoms with E-state index in [-0.39, 0.29) is 17.7 Å². The molecule has 1 rings (SSSR count). The van der Waals surface area contributed by atoms with E-state index in [0.717, 1.165) is 19.3 Å². The maximum absolute atomic E-state index is 13.5. The number of unbranched alkanes of at least 4 members (excludes halogenated alkanes) is 25. The number of benzene rings is 1. The molecule has 1 aromatic rings. The molecule has 0 saturated heterocycles. The van der Waals surface area contributed by atoms with Crippen molar-refractivity contribution in [1.29, 1.82) is 0 Å². The van der Waals surface area contributed by atoms with E-state index >= 15 is 0 Å². The lowest BCUT2D eigenvalue weighted by atomic mass is 9.74. The Balaban J connectivity index is 2.35. The third-order valence-corrected chi connectivity index (χ3v) is 11.8. The zero-order valence-electron chi connectivity index (χ0n) is 38.3. The van der Waals surface area contributed by atoms with Gasteiger partial charge in [-0.25, -0.2) is 9.68 Å². The Morgan fingerprint density at radius 3 is 1.40 bits per heavy atom. The van der Waals surface area contributed by atoms with Gasteiger partial charge in [0.1, 0.15) is 18.5 Å². The van der Waals surface area contributed by atoms with Crippen molar-refractivity contribution in [2.24, 2.45) is 0 Å². The predicted molar refractivity (Wildman–Crippen MR) is 240 cm³/mol. The first-order valence-electron chi connectivity index (χ1n) is 23.5. The Labute approximate surface area is 356 Å². The SMILES string of the molecule is CCCCCCCCCCCCCCCCCCCCCCCCCCCCC(O)Cc1c(C(=O)OP(O)OOCC(O)CO)cc(C(C)(C)C)c(O)c1C(C)(C)C. The van der Waals surface area contributed by atoms with Crippen LogP contribution in [0.15, 0.2) is 6.07 Å². The summed E-state index contributed by atoms with van der Waals surface area (Å²) in [5.74, 6) is -0.791. The van der Waals surface area contributed by atoms with Crippen LogP contribution in [0.3, 0.4) is 0 Å². The van der Waals surface area contributed by atoms with Crippen molar-refractivity contribution in [3.63, 3.8) is 0 Å². The maximum Gasteiger partial charge on any atom is 0.426 e. The molecule has 0 aromatic heterocycles. The van der Waals surface area contributed by atoms with E-state index in [9.17, 15) is 25.0 Å². The number of aliphatic hydroxyl groups is 3. The minimum Gasteiger partial charge on any atom is -0.507 e. The minimum atomic E-state index is -2.82. The molecular formula is C48H89O9P. The Morgan fingerprint density at radius 2 is 1.03 bits per heavy atom. The highest BCUT2D eigenvalue weighted by atomic mass is 31.2. The number of phenolic OH excluding ortho intramolecular Hbond substituents is 1. The van der Waals surface area contributed by atoms with E-state index < -0.39 is 50.8 Å².